The molecular formula is C11H14N2O4. The fourth-order valence-electron chi connectivity index (χ4n) is 1.29. The Morgan fingerprint density at radius 2 is 1.76 bits per heavy atom. The van der Waals surface area contributed by atoms with Gasteiger partial charge in [0.05, 0.1) is 0 Å². The molecule has 0 radical (unpaired) electrons. The van der Waals surface area contributed by atoms with E-state index >= 15 is 0 Å². The summed E-state index contributed by atoms with van der Waals surface area (Å²) in [5.41, 5.74) is 5.10. The topological polar surface area (TPSA) is 113 Å². The Morgan fingerprint density at radius 3 is 2.29 bits per heavy atom. The molecule has 0 heterocycles. The molecule has 1 aromatic rings. The van der Waals surface area contributed by atoms with E-state index in [1.165, 1.54) is 12.1 Å². The summed E-state index contributed by atoms with van der Waals surface area (Å²) in [5, 5.41) is 20.9. The molecule has 1 rings (SSSR count). The van der Waals surface area contributed by atoms with Crippen LogP contribution in [0.25, 0.3) is 0 Å². The summed E-state index contributed by atoms with van der Waals surface area (Å²) in [7, 11) is 0. The first-order valence-corrected chi connectivity index (χ1v) is 5.08. The Morgan fingerprint density at radius 1 is 1.18 bits per heavy atom. The van der Waals surface area contributed by atoms with Gasteiger partial charge in [0.2, 0.25) is 5.91 Å². The Balaban J connectivity index is 2.49. The maximum Gasteiger partial charge on any atom is 0.251 e. The highest BCUT2D eigenvalue weighted by Crippen LogP contribution is 2.20. The van der Waals surface area contributed by atoms with Crippen molar-refractivity contribution in [1.29, 1.82) is 0 Å². The van der Waals surface area contributed by atoms with Gasteiger partial charge in [-0.05, 0) is 18.6 Å². The normalized spacial score (nSPS) is 9.88. The van der Waals surface area contributed by atoms with Gasteiger partial charge >= 0.3 is 0 Å². The molecule has 6 nitrogen and oxygen atoms in total. The lowest BCUT2D eigenvalue weighted by Gasteiger charge is -2.05. The van der Waals surface area contributed by atoms with Crippen LogP contribution in [-0.4, -0.2) is 28.6 Å². The van der Waals surface area contributed by atoms with Crippen molar-refractivity contribution in [3.8, 4) is 11.5 Å². The van der Waals surface area contributed by atoms with Crippen LogP contribution in [0.3, 0.4) is 0 Å². The van der Waals surface area contributed by atoms with Gasteiger partial charge in [-0.25, -0.2) is 0 Å². The molecule has 0 atom stereocenters. The van der Waals surface area contributed by atoms with Gasteiger partial charge < -0.3 is 21.3 Å². The van der Waals surface area contributed by atoms with E-state index in [4.69, 9.17) is 5.73 Å². The molecule has 0 saturated carbocycles. The first-order valence-electron chi connectivity index (χ1n) is 5.08. The number of hydrogen-bond donors (Lipinski definition) is 4. The van der Waals surface area contributed by atoms with Crippen molar-refractivity contribution >= 4 is 11.8 Å². The lowest BCUT2D eigenvalue weighted by atomic mass is 10.2. The Bertz CT molecular complexity index is 411. The molecule has 0 aliphatic rings. The number of nitrogens with two attached hydrogens (primary N) is 1. The molecule has 0 aromatic heterocycles. The molecule has 17 heavy (non-hydrogen) atoms. The number of rotatable bonds is 5. The fraction of sp³-hybridized carbons (Fsp3) is 0.273. The highest BCUT2D eigenvalue weighted by molar-refractivity contribution is 5.95. The van der Waals surface area contributed by atoms with E-state index in [0.717, 1.165) is 6.07 Å². The molecule has 6 heteroatoms. The molecule has 0 aliphatic carbocycles. The summed E-state index contributed by atoms with van der Waals surface area (Å²) in [4.78, 5) is 22.0. The van der Waals surface area contributed by atoms with Crippen LogP contribution < -0.4 is 11.1 Å². The molecule has 0 fully saturated rings. The number of phenolic OH excluding ortho intramolecular Hbond substituents is 2. The summed E-state index contributed by atoms with van der Waals surface area (Å²) in [6.07, 6.45) is 0.650. The number of aromatic hydroxyl groups is 2. The van der Waals surface area contributed by atoms with E-state index in [-0.39, 0.29) is 23.5 Å². The van der Waals surface area contributed by atoms with Gasteiger partial charge in [-0.3, -0.25) is 9.59 Å². The van der Waals surface area contributed by atoms with Crippen LogP contribution >= 0.6 is 0 Å². The molecule has 0 spiro atoms. The fourth-order valence-corrected chi connectivity index (χ4v) is 1.29. The Kier molecular flexibility index (Phi) is 4.33. The number of hydrogen-bond acceptors (Lipinski definition) is 4. The lowest BCUT2D eigenvalue weighted by molar-refractivity contribution is -0.118. The minimum Gasteiger partial charge on any atom is -0.508 e. The van der Waals surface area contributed by atoms with E-state index in [1.807, 2.05) is 0 Å². The minimum absolute atomic E-state index is 0.154. The third-order valence-corrected chi connectivity index (χ3v) is 2.05. The number of benzene rings is 1. The molecule has 2 amide bonds. The lowest BCUT2D eigenvalue weighted by Crippen LogP contribution is -2.25. The number of phenols is 2. The number of carbonyl (C=O) groups is 2. The van der Waals surface area contributed by atoms with E-state index in [0.29, 0.717) is 13.0 Å². The second-order valence-electron chi connectivity index (χ2n) is 3.56. The zero-order chi connectivity index (χ0) is 12.8. The third-order valence-electron chi connectivity index (χ3n) is 2.05. The zero-order valence-electron chi connectivity index (χ0n) is 9.14. The highest BCUT2D eigenvalue weighted by atomic mass is 16.3. The molecule has 92 valence electrons. The van der Waals surface area contributed by atoms with Crippen molar-refractivity contribution in [3.05, 3.63) is 23.8 Å². The number of carbonyl (C=O) groups excluding carboxylic acids is 2. The van der Waals surface area contributed by atoms with Crippen LogP contribution in [0.4, 0.5) is 0 Å². The van der Waals surface area contributed by atoms with Crippen LogP contribution in [0, 0.1) is 0 Å². The minimum atomic E-state index is -0.430. The van der Waals surface area contributed by atoms with E-state index in [1.54, 1.807) is 0 Å². The summed E-state index contributed by atoms with van der Waals surface area (Å²) >= 11 is 0. The third kappa shape index (κ3) is 4.42. The molecule has 1 aromatic carbocycles. The average Bonchev–Trinajstić information content (AvgIpc) is 2.22. The van der Waals surface area contributed by atoms with Crippen LogP contribution in [0.1, 0.15) is 23.2 Å². The molecule has 0 aliphatic heterocycles. The first-order chi connectivity index (χ1) is 7.99. The largest absolute Gasteiger partial charge is 0.508 e. The second-order valence-corrected chi connectivity index (χ2v) is 3.56. The van der Waals surface area contributed by atoms with Crippen molar-refractivity contribution in [2.24, 2.45) is 5.73 Å². The monoisotopic (exact) mass is 238 g/mol. The van der Waals surface area contributed by atoms with Crippen molar-refractivity contribution in [1.82, 2.24) is 5.32 Å². The predicted octanol–water partition coefficient (Wildman–Crippen LogP) is 0.0931. The number of nitrogens with one attached hydrogen (secondary N) is 1. The quantitative estimate of drug-likeness (QED) is 0.544. The zero-order valence-corrected chi connectivity index (χ0v) is 9.14. The van der Waals surface area contributed by atoms with Crippen LogP contribution in [0.2, 0.25) is 0 Å². The Labute approximate surface area is 98.1 Å². The summed E-state index contributed by atoms with van der Waals surface area (Å²) in [6, 6.07) is 3.61. The average molecular weight is 238 g/mol. The number of primary amides is 1. The van der Waals surface area contributed by atoms with Gasteiger partial charge in [-0.15, -0.1) is 0 Å². The number of amides is 2. The molecule has 0 bridgehead atoms. The molecule has 0 saturated heterocycles. The summed E-state index contributed by atoms with van der Waals surface area (Å²) < 4.78 is 0. The van der Waals surface area contributed by atoms with Gasteiger partial charge in [0.15, 0.2) is 0 Å². The smallest absolute Gasteiger partial charge is 0.251 e. The van der Waals surface area contributed by atoms with Crippen molar-refractivity contribution in [3.63, 3.8) is 0 Å². The van der Waals surface area contributed by atoms with Crippen LogP contribution in [0.5, 0.6) is 11.5 Å². The van der Waals surface area contributed by atoms with Crippen molar-refractivity contribution in [2.75, 3.05) is 6.54 Å². The first kappa shape index (κ1) is 12.8. The van der Waals surface area contributed by atoms with E-state index < -0.39 is 11.8 Å². The predicted molar refractivity (Wildman–Crippen MR) is 60.5 cm³/mol. The molecule has 5 N–H and O–H groups in total. The van der Waals surface area contributed by atoms with Crippen molar-refractivity contribution in [2.45, 2.75) is 12.8 Å². The Hall–Kier alpha value is -2.24. The SMILES string of the molecule is NC(=O)CCCNC(=O)c1cc(O)cc(O)c1. The maximum atomic E-state index is 11.5. The van der Waals surface area contributed by atoms with Crippen LogP contribution in [0.15, 0.2) is 18.2 Å². The van der Waals surface area contributed by atoms with E-state index in [2.05, 4.69) is 5.32 Å². The molecular weight excluding hydrogens is 224 g/mol. The van der Waals surface area contributed by atoms with Gasteiger partial charge in [-0.1, -0.05) is 0 Å². The standard InChI is InChI=1S/C11H14N2O4/c12-10(16)2-1-3-13-11(17)7-4-8(14)6-9(15)5-7/h4-6,14-15H,1-3H2,(H2,12,16)(H,13,17). The van der Waals surface area contributed by atoms with E-state index in [9.17, 15) is 19.8 Å². The van der Waals surface area contributed by atoms with Gasteiger partial charge in [-0.2, -0.15) is 0 Å². The van der Waals surface area contributed by atoms with Gasteiger partial charge in [0.1, 0.15) is 11.5 Å². The van der Waals surface area contributed by atoms with Crippen LogP contribution in [-0.2, 0) is 4.79 Å². The summed E-state index contributed by atoms with van der Waals surface area (Å²) in [5.74, 6) is -1.23. The van der Waals surface area contributed by atoms with Crippen molar-refractivity contribution < 1.29 is 19.8 Å². The second kappa shape index (κ2) is 5.74. The van der Waals surface area contributed by atoms with Gasteiger partial charge in [0.25, 0.3) is 5.91 Å². The van der Waals surface area contributed by atoms with Gasteiger partial charge in [0, 0.05) is 24.6 Å². The molecule has 0 unspecified atom stereocenters. The highest BCUT2D eigenvalue weighted by Gasteiger charge is 2.07. The summed E-state index contributed by atoms with van der Waals surface area (Å²) in [6.45, 7) is 0.304. The maximum absolute atomic E-state index is 11.5.